The van der Waals surface area contributed by atoms with Crippen LogP contribution in [0.2, 0.25) is 0 Å². The van der Waals surface area contributed by atoms with E-state index in [2.05, 4.69) is 41.3 Å². The molecule has 162 valence electrons. The number of anilines is 2. The lowest BCUT2D eigenvalue weighted by Gasteiger charge is -2.19. The van der Waals surface area contributed by atoms with Crippen LogP contribution in [0.25, 0.3) is 21.3 Å². The van der Waals surface area contributed by atoms with Gasteiger partial charge in [-0.15, -0.1) is 0 Å². The minimum absolute atomic E-state index is 0.109. The molecule has 5 rings (SSSR count). The number of hydrogen-bond donors (Lipinski definition) is 1. The van der Waals surface area contributed by atoms with Crippen LogP contribution in [0.1, 0.15) is 16.8 Å². The van der Waals surface area contributed by atoms with Gasteiger partial charge in [0.25, 0.3) is 5.91 Å². The summed E-state index contributed by atoms with van der Waals surface area (Å²) < 4.78 is 1.09. The fourth-order valence-electron chi connectivity index (χ4n) is 4.11. The predicted octanol–water partition coefficient (Wildman–Crippen LogP) is 5.36. The summed E-state index contributed by atoms with van der Waals surface area (Å²) >= 11 is 1.69. The van der Waals surface area contributed by atoms with Crippen molar-refractivity contribution in [2.24, 2.45) is 0 Å². The highest BCUT2D eigenvalue weighted by Crippen LogP contribution is 2.33. The number of thiazole rings is 1. The average molecular weight is 443 g/mol. The smallest absolute Gasteiger partial charge is 0.255 e. The molecule has 0 radical (unpaired) electrons. The average Bonchev–Trinajstić information content (AvgIpc) is 3.47. The molecular weight excluding hydrogens is 416 g/mol. The Labute approximate surface area is 192 Å². The second-order valence-corrected chi connectivity index (χ2v) is 9.44. The third-order valence-electron chi connectivity index (χ3n) is 6.05. The number of hydrogen-bond acceptors (Lipinski definition) is 5. The summed E-state index contributed by atoms with van der Waals surface area (Å²) in [6, 6.07) is 24.4. The Bertz CT molecular complexity index is 1230. The summed E-state index contributed by atoms with van der Waals surface area (Å²) in [7, 11) is 4.27. The van der Waals surface area contributed by atoms with Gasteiger partial charge in [0, 0.05) is 30.4 Å². The Morgan fingerprint density at radius 2 is 1.78 bits per heavy atom. The largest absolute Gasteiger partial charge is 0.346 e. The Hall–Kier alpha value is -3.22. The maximum Gasteiger partial charge on any atom is 0.255 e. The first-order valence-electron chi connectivity index (χ1n) is 10.9. The van der Waals surface area contributed by atoms with E-state index in [4.69, 9.17) is 4.98 Å². The van der Waals surface area contributed by atoms with Crippen molar-refractivity contribution in [3.63, 3.8) is 0 Å². The first kappa shape index (κ1) is 20.7. The van der Waals surface area contributed by atoms with E-state index < -0.39 is 0 Å². The number of nitrogens with one attached hydrogen (secondary N) is 1. The van der Waals surface area contributed by atoms with Crippen LogP contribution in [0.4, 0.5) is 10.8 Å². The zero-order valence-electron chi connectivity index (χ0n) is 18.3. The van der Waals surface area contributed by atoms with Crippen LogP contribution in [0.15, 0.2) is 72.8 Å². The minimum Gasteiger partial charge on any atom is -0.346 e. The fraction of sp³-hybridized carbons (Fsp3) is 0.231. The molecule has 1 atom stereocenters. The third kappa shape index (κ3) is 4.24. The predicted molar refractivity (Wildman–Crippen MR) is 134 cm³/mol. The van der Waals surface area contributed by atoms with Crippen molar-refractivity contribution < 1.29 is 4.79 Å². The van der Waals surface area contributed by atoms with Gasteiger partial charge in [0.05, 0.1) is 10.2 Å². The van der Waals surface area contributed by atoms with Gasteiger partial charge in [0.2, 0.25) is 0 Å². The maximum atomic E-state index is 12.8. The second kappa shape index (κ2) is 8.73. The number of carbonyl (C=O) groups excluding carboxylic acids is 1. The van der Waals surface area contributed by atoms with Gasteiger partial charge >= 0.3 is 0 Å². The van der Waals surface area contributed by atoms with Gasteiger partial charge in [-0.2, -0.15) is 0 Å². The van der Waals surface area contributed by atoms with Crippen LogP contribution in [0.3, 0.4) is 0 Å². The second-order valence-electron chi connectivity index (χ2n) is 8.43. The number of nitrogens with zero attached hydrogens (tertiary/aromatic N) is 3. The Morgan fingerprint density at radius 1 is 1.03 bits per heavy atom. The lowest BCUT2D eigenvalue weighted by molar-refractivity contribution is 0.102. The molecule has 0 spiro atoms. The topological polar surface area (TPSA) is 48.5 Å². The molecule has 0 unspecified atom stereocenters. The molecular formula is C26H26N4OS. The van der Waals surface area contributed by atoms with Gasteiger partial charge in [-0.05, 0) is 62.0 Å². The molecule has 1 saturated heterocycles. The molecule has 5 nitrogen and oxygen atoms in total. The first-order valence-corrected chi connectivity index (χ1v) is 11.7. The molecule has 2 heterocycles. The summed E-state index contributed by atoms with van der Waals surface area (Å²) in [5.41, 5.74) is 4.64. The number of carbonyl (C=O) groups is 1. The van der Waals surface area contributed by atoms with Crippen LogP contribution in [0, 0.1) is 0 Å². The van der Waals surface area contributed by atoms with Gasteiger partial charge in [0.1, 0.15) is 0 Å². The highest BCUT2D eigenvalue weighted by atomic mass is 32.1. The summed E-state index contributed by atoms with van der Waals surface area (Å²) in [5, 5.41) is 4.09. The van der Waals surface area contributed by atoms with Crippen LogP contribution < -0.4 is 10.2 Å². The SMILES string of the molecule is CN(C)[C@@H]1CCN(c2nc3ccc(NC(=O)c4ccc(-c5ccccc5)cc4)cc3s2)C1. The third-order valence-corrected chi connectivity index (χ3v) is 7.13. The molecule has 6 heteroatoms. The quantitative estimate of drug-likeness (QED) is 0.452. The summed E-state index contributed by atoms with van der Waals surface area (Å²) in [4.78, 5) is 22.2. The number of fused-ring (bicyclic) bond motifs is 1. The monoisotopic (exact) mass is 442 g/mol. The van der Waals surface area contributed by atoms with Crippen molar-refractivity contribution in [1.82, 2.24) is 9.88 Å². The van der Waals surface area contributed by atoms with E-state index in [1.807, 2.05) is 60.7 Å². The van der Waals surface area contributed by atoms with Crippen LogP contribution in [-0.2, 0) is 0 Å². The molecule has 32 heavy (non-hydrogen) atoms. The minimum atomic E-state index is -0.109. The standard InChI is InChI=1S/C26H26N4OS/c1-29(2)22-14-15-30(17-22)26-28-23-13-12-21(16-24(23)32-26)27-25(31)20-10-8-19(9-11-20)18-6-4-3-5-7-18/h3-13,16,22H,14-15,17H2,1-2H3,(H,27,31)/t22-/m1/s1. The van der Waals surface area contributed by atoms with E-state index >= 15 is 0 Å². The molecule has 1 aliphatic heterocycles. The molecule has 1 aliphatic rings. The van der Waals surface area contributed by atoms with E-state index in [0.717, 1.165) is 51.7 Å². The molecule has 0 aliphatic carbocycles. The molecule has 1 aromatic heterocycles. The first-order chi connectivity index (χ1) is 15.6. The number of benzene rings is 3. The highest BCUT2D eigenvalue weighted by molar-refractivity contribution is 7.22. The van der Waals surface area contributed by atoms with Crippen molar-refractivity contribution in [1.29, 1.82) is 0 Å². The van der Waals surface area contributed by atoms with E-state index in [1.165, 1.54) is 0 Å². The lowest BCUT2D eigenvalue weighted by Crippen LogP contribution is -2.31. The molecule has 0 bridgehead atoms. The zero-order valence-corrected chi connectivity index (χ0v) is 19.1. The summed E-state index contributed by atoms with van der Waals surface area (Å²) in [5.74, 6) is -0.109. The summed E-state index contributed by atoms with van der Waals surface area (Å²) in [6.45, 7) is 2.04. The highest BCUT2D eigenvalue weighted by Gasteiger charge is 2.26. The zero-order chi connectivity index (χ0) is 22.1. The molecule has 3 aromatic carbocycles. The lowest BCUT2D eigenvalue weighted by atomic mass is 10.0. The molecule has 0 saturated carbocycles. The number of likely N-dealkylation sites (N-methyl/N-ethyl adjacent to an activating group) is 1. The Balaban J connectivity index is 1.29. The fourth-order valence-corrected chi connectivity index (χ4v) is 5.15. The number of aromatic nitrogens is 1. The van der Waals surface area contributed by atoms with Gasteiger partial charge in [-0.1, -0.05) is 53.8 Å². The Morgan fingerprint density at radius 3 is 2.50 bits per heavy atom. The van der Waals surface area contributed by atoms with Gasteiger partial charge in [-0.3, -0.25) is 4.79 Å². The van der Waals surface area contributed by atoms with E-state index in [9.17, 15) is 4.79 Å². The normalized spacial score (nSPS) is 16.1. The van der Waals surface area contributed by atoms with Crippen LogP contribution in [0.5, 0.6) is 0 Å². The molecule has 1 N–H and O–H groups in total. The van der Waals surface area contributed by atoms with Crippen molar-refractivity contribution in [2.75, 3.05) is 37.4 Å². The van der Waals surface area contributed by atoms with Gasteiger partial charge in [0.15, 0.2) is 5.13 Å². The maximum absolute atomic E-state index is 12.8. The van der Waals surface area contributed by atoms with E-state index in [0.29, 0.717) is 11.6 Å². The Kier molecular flexibility index (Phi) is 5.64. The van der Waals surface area contributed by atoms with Gasteiger partial charge < -0.3 is 15.1 Å². The molecule has 1 fully saturated rings. The van der Waals surface area contributed by atoms with Crippen molar-refractivity contribution in [2.45, 2.75) is 12.5 Å². The van der Waals surface area contributed by atoms with Crippen molar-refractivity contribution in [3.8, 4) is 11.1 Å². The van der Waals surface area contributed by atoms with Gasteiger partial charge in [-0.25, -0.2) is 4.98 Å². The van der Waals surface area contributed by atoms with Crippen LogP contribution in [-0.4, -0.2) is 49.0 Å². The number of amides is 1. The van der Waals surface area contributed by atoms with Crippen molar-refractivity contribution in [3.05, 3.63) is 78.4 Å². The summed E-state index contributed by atoms with van der Waals surface area (Å²) in [6.07, 6.45) is 1.16. The molecule has 4 aromatic rings. The van der Waals surface area contributed by atoms with Crippen molar-refractivity contribution >= 4 is 38.3 Å². The van der Waals surface area contributed by atoms with E-state index in [1.54, 1.807) is 11.3 Å². The van der Waals surface area contributed by atoms with E-state index in [-0.39, 0.29) is 5.91 Å². The number of rotatable bonds is 5. The molecule has 1 amide bonds. The van der Waals surface area contributed by atoms with Crippen LogP contribution >= 0.6 is 11.3 Å².